The Bertz CT molecular complexity index is 1200. The predicted octanol–water partition coefficient (Wildman–Crippen LogP) is 4.98. The average molecular weight is 396 g/mol. The number of aryl methyl sites for hydroxylation is 1. The summed E-state index contributed by atoms with van der Waals surface area (Å²) in [5, 5.41) is 6.49. The average Bonchev–Trinajstić information content (AvgIpc) is 3.13. The summed E-state index contributed by atoms with van der Waals surface area (Å²) in [6.45, 7) is 1.81. The molecule has 0 saturated carbocycles. The molecule has 2 aromatic carbocycles. The highest BCUT2D eigenvalue weighted by Gasteiger charge is 2.33. The van der Waals surface area contributed by atoms with Crippen molar-refractivity contribution in [2.45, 2.75) is 13.1 Å². The number of alkyl halides is 3. The summed E-state index contributed by atoms with van der Waals surface area (Å²) in [5.41, 5.74) is 1.52. The largest absolute Gasteiger partial charge is 0.418 e. The van der Waals surface area contributed by atoms with Crippen molar-refractivity contribution in [3.63, 3.8) is 0 Å². The number of hydrogen-bond acceptors (Lipinski definition) is 3. The SMILES string of the molecule is Cc1cc(-c2ccccc2)nc2cc(C(=O)Nc3ccccc3C(F)(F)F)nn12. The van der Waals surface area contributed by atoms with Crippen LogP contribution in [0.1, 0.15) is 21.7 Å². The molecule has 0 fully saturated rings. The van der Waals surface area contributed by atoms with Crippen molar-refractivity contribution >= 4 is 17.2 Å². The molecule has 0 bridgehead atoms. The fourth-order valence-electron chi connectivity index (χ4n) is 3.02. The van der Waals surface area contributed by atoms with Crippen molar-refractivity contribution in [1.29, 1.82) is 0 Å². The van der Waals surface area contributed by atoms with Gasteiger partial charge in [0.15, 0.2) is 11.3 Å². The van der Waals surface area contributed by atoms with Crippen LogP contribution in [0.3, 0.4) is 0 Å². The van der Waals surface area contributed by atoms with E-state index in [2.05, 4.69) is 15.4 Å². The third-order valence-electron chi connectivity index (χ3n) is 4.39. The van der Waals surface area contributed by atoms with Crippen LogP contribution in [0.15, 0.2) is 66.7 Å². The number of fused-ring (bicyclic) bond motifs is 1. The minimum atomic E-state index is -4.58. The standard InChI is InChI=1S/C21H15F3N4O/c1-13-11-17(14-7-3-2-4-8-14)25-19-12-18(27-28(13)19)20(29)26-16-10-6-5-9-15(16)21(22,23)24/h2-12H,1H3,(H,26,29). The van der Waals surface area contributed by atoms with Crippen LogP contribution < -0.4 is 5.32 Å². The van der Waals surface area contributed by atoms with Crippen molar-refractivity contribution in [2.24, 2.45) is 0 Å². The van der Waals surface area contributed by atoms with E-state index >= 15 is 0 Å². The van der Waals surface area contributed by atoms with E-state index in [9.17, 15) is 18.0 Å². The van der Waals surface area contributed by atoms with Crippen LogP contribution in [0.5, 0.6) is 0 Å². The molecule has 0 radical (unpaired) electrons. The van der Waals surface area contributed by atoms with E-state index < -0.39 is 17.6 Å². The molecular formula is C21H15F3N4O. The molecule has 0 unspecified atom stereocenters. The van der Waals surface area contributed by atoms with Crippen molar-refractivity contribution in [1.82, 2.24) is 14.6 Å². The maximum Gasteiger partial charge on any atom is 0.418 e. The molecule has 1 N–H and O–H groups in total. The summed E-state index contributed by atoms with van der Waals surface area (Å²) in [4.78, 5) is 17.1. The zero-order chi connectivity index (χ0) is 20.6. The van der Waals surface area contributed by atoms with E-state index in [1.807, 2.05) is 43.3 Å². The van der Waals surface area contributed by atoms with Crippen molar-refractivity contribution in [2.75, 3.05) is 5.32 Å². The Morgan fingerprint density at radius 1 is 1.00 bits per heavy atom. The number of hydrogen-bond donors (Lipinski definition) is 1. The van der Waals surface area contributed by atoms with E-state index in [-0.39, 0.29) is 11.4 Å². The number of nitrogens with one attached hydrogen (secondary N) is 1. The topological polar surface area (TPSA) is 59.3 Å². The molecule has 2 heterocycles. The first-order valence-corrected chi connectivity index (χ1v) is 8.73. The molecule has 4 aromatic rings. The Labute approximate surface area is 163 Å². The van der Waals surface area contributed by atoms with Crippen LogP contribution in [0, 0.1) is 6.92 Å². The van der Waals surface area contributed by atoms with Gasteiger partial charge in [-0.1, -0.05) is 42.5 Å². The number of para-hydroxylation sites is 1. The van der Waals surface area contributed by atoms with Gasteiger partial charge in [0.25, 0.3) is 5.91 Å². The monoisotopic (exact) mass is 396 g/mol. The number of carbonyl (C=O) groups is 1. The van der Waals surface area contributed by atoms with E-state index in [4.69, 9.17) is 0 Å². The van der Waals surface area contributed by atoms with Crippen LogP contribution in [0.4, 0.5) is 18.9 Å². The number of halogens is 3. The van der Waals surface area contributed by atoms with Crippen LogP contribution in [0.2, 0.25) is 0 Å². The molecule has 29 heavy (non-hydrogen) atoms. The number of anilines is 1. The minimum absolute atomic E-state index is 0.0252. The first-order valence-electron chi connectivity index (χ1n) is 8.73. The van der Waals surface area contributed by atoms with E-state index in [0.29, 0.717) is 11.3 Å². The van der Waals surface area contributed by atoms with Gasteiger partial charge in [-0.15, -0.1) is 0 Å². The molecule has 0 atom stereocenters. The van der Waals surface area contributed by atoms with Gasteiger partial charge in [0.05, 0.1) is 16.9 Å². The van der Waals surface area contributed by atoms with Gasteiger partial charge in [-0.25, -0.2) is 9.50 Å². The number of nitrogens with zero attached hydrogens (tertiary/aromatic N) is 3. The number of carbonyl (C=O) groups excluding carboxylic acids is 1. The summed E-state index contributed by atoms with van der Waals surface area (Å²) in [6, 6.07) is 17.6. The lowest BCUT2D eigenvalue weighted by Gasteiger charge is -2.12. The number of benzene rings is 2. The van der Waals surface area contributed by atoms with E-state index in [1.165, 1.54) is 28.8 Å². The molecule has 0 aliphatic carbocycles. The van der Waals surface area contributed by atoms with Gasteiger partial charge >= 0.3 is 6.18 Å². The molecule has 146 valence electrons. The van der Waals surface area contributed by atoms with Gasteiger partial charge in [-0.05, 0) is 25.1 Å². The fraction of sp³-hybridized carbons (Fsp3) is 0.0952. The molecule has 0 spiro atoms. The number of rotatable bonds is 3. The molecule has 2 aromatic heterocycles. The molecule has 0 aliphatic heterocycles. The van der Waals surface area contributed by atoms with Crippen molar-refractivity contribution in [3.8, 4) is 11.3 Å². The van der Waals surface area contributed by atoms with Gasteiger partial charge in [0.2, 0.25) is 0 Å². The van der Waals surface area contributed by atoms with Gasteiger partial charge in [-0.2, -0.15) is 18.3 Å². The zero-order valence-corrected chi connectivity index (χ0v) is 15.2. The Kier molecular flexibility index (Phi) is 4.54. The summed E-state index contributed by atoms with van der Waals surface area (Å²) in [6.07, 6.45) is -4.58. The van der Waals surface area contributed by atoms with E-state index in [0.717, 1.165) is 17.3 Å². The third kappa shape index (κ3) is 3.69. The molecule has 4 rings (SSSR count). The van der Waals surface area contributed by atoms with Gasteiger partial charge in [0.1, 0.15) is 0 Å². The second-order valence-corrected chi connectivity index (χ2v) is 6.45. The maximum atomic E-state index is 13.1. The van der Waals surface area contributed by atoms with Crippen molar-refractivity contribution < 1.29 is 18.0 Å². The second-order valence-electron chi connectivity index (χ2n) is 6.45. The summed E-state index contributed by atoms with van der Waals surface area (Å²) >= 11 is 0. The minimum Gasteiger partial charge on any atom is -0.320 e. The summed E-state index contributed by atoms with van der Waals surface area (Å²) < 4.78 is 40.9. The molecule has 1 amide bonds. The van der Waals surface area contributed by atoms with Crippen LogP contribution in [0.25, 0.3) is 16.9 Å². The Morgan fingerprint density at radius 3 is 2.41 bits per heavy atom. The van der Waals surface area contributed by atoms with Gasteiger partial charge in [-0.3, -0.25) is 4.79 Å². The Hall–Kier alpha value is -3.68. The smallest absolute Gasteiger partial charge is 0.320 e. The fourth-order valence-corrected chi connectivity index (χ4v) is 3.02. The highest BCUT2D eigenvalue weighted by molar-refractivity contribution is 6.04. The lowest BCUT2D eigenvalue weighted by atomic mass is 10.1. The van der Waals surface area contributed by atoms with E-state index in [1.54, 1.807) is 0 Å². The normalized spacial score (nSPS) is 11.6. The zero-order valence-electron chi connectivity index (χ0n) is 15.2. The third-order valence-corrected chi connectivity index (χ3v) is 4.39. The molecule has 0 aliphatic rings. The summed E-state index contributed by atoms with van der Waals surface area (Å²) in [7, 11) is 0. The number of aromatic nitrogens is 3. The van der Waals surface area contributed by atoms with Crippen molar-refractivity contribution in [3.05, 3.63) is 83.7 Å². The quantitative estimate of drug-likeness (QED) is 0.532. The Morgan fingerprint density at radius 2 is 1.69 bits per heavy atom. The highest BCUT2D eigenvalue weighted by Crippen LogP contribution is 2.34. The second kappa shape index (κ2) is 7.05. The first kappa shape index (κ1) is 18.7. The van der Waals surface area contributed by atoms with Gasteiger partial charge < -0.3 is 5.32 Å². The molecule has 0 saturated heterocycles. The van der Waals surface area contributed by atoms with Crippen LogP contribution in [-0.2, 0) is 6.18 Å². The first-order chi connectivity index (χ1) is 13.8. The predicted molar refractivity (Wildman–Crippen MR) is 103 cm³/mol. The molecular weight excluding hydrogens is 381 g/mol. The lowest BCUT2D eigenvalue weighted by molar-refractivity contribution is -0.136. The van der Waals surface area contributed by atoms with Gasteiger partial charge in [0, 0.05) is 17.3 Å². The lowest BCUT2D eigenvalue weighted by Crippen LogP contribution is -2.17. The molecule has 5 nitrogen and oxygen atoms in total. The Balaban J connectivity index is 1.69. The maximum absolute atomic E-state index is 13.1. The number of amides is 1. The van der Waals surface area contributed by atoms with Crippen LogP contribution >= 0.6 is 0 Å². The van der Waals surface area contributed by atoms with Crippen LogP contribution in [-0.4, -0.2) is 20.5 Å². The molecule has 8 heteroatoms. The highest BCUT2D eigenvalue weighted by atomic mass is 19.4. The summed E-state index contributed by atoms with van der Waals surface area (Å²) in [5.74, 6) is -0.743.